The number of hydrogen-bond donors (Lipinski definition) is 3. The lowest BCUT2D eigenvalue weighted by molar-refractivity contribution is -0.192. The Morgan fingerprint density at radius 1 is 1.15 bits per heavy atom. The molecule has 2 amide bonds. The van der Waals surface area contributed by atoms with Crippen molar-refractivity contribution in [3.63, 3.8) is 0 Å². The van der Waals surface area contributed by atoms with Crippen LogP contribution in [0.15, 0.2) is 12.4 Å². The van der Waals surface area contributed by atoms with Crippen LogP contribution >= 0.6 is 0 Å². The van der Waals surface area contributed by atoms with Gasteiger partial charge in [-0.2, -0.15) is 13.2 Å². The van der Waals surface area contributed by atoms with Crippen molar-refractivity contribution in [1.29, 1.82) is 0 Å². The number of rotatable bonds is 2. The normalized spacial score (nSPS) is 22.1. The SMILES string of the molecule is O=C(Nc1cnc(N2CCNCC2)nc1)C(=O)N1C[C@@H]2COC(=O)[C@@H]2C1.O=C(O)C(F)(F)F. The number of nitrogens with one attached hydrogen (secondary N) is 2. The summed E-state index contributed by atoms with van der Waals surface area (Å²) in [7, 11) is 0. The highest BCUT2D eigenvalue weighted by molar-refractivity contribution is 6.39. The summed E-state index contributed by atoms with van der Waals surface area (Å²) in [6.45, 7) is 4.31. The third-order valence-corrected chi connectivity index (χ3v) is 5.20. The molecule has 0 unspecified atom stereocenters. The summed E-state index contributed by atoms with van der Waals surface area (Å²) in [5, 5.41) is 12.9. The molecule has 0 bridgehead atoms. The highest BCUT2D eigenvalue weighted by atomic mass is 19.4. The van der Waals surface area contributed by atoms with Gasteiger partial charge < -0.3 is 30.3 Å². The zero-order valence-electron chi connectivity index (χ0n) is 17.2. The molecule has 3 saturated heterocycles. The van der Waals surface area contributed by atoms with Gasteiger partial charge in [0, 0.05) is 45.2 Å². The fourth-order valence-electron chi connectivity index (χ4n) is 3.51. The number of aliphatic carboxylic acids is 1. The number of alkyl halides is 3. The number of cyclic esters (lactones) is 1. The Kier molecular flexibility index (Phi) is 7.30. The predicted octanol–water partition coefficient (Wildman–Crippen LogP) is -0.911. The van der Waals surface area contributed by atoms with Gasteiger partial charge in [0.1, 0.15) is 0 Å². The van der Waals surface area contributed by atoms with E-state index < -0.39 is 24.0 Å². The molecule has 4 rings (SSSR count). The van der Waals surface area contributed by atoms with Crippen molar-refractivity contribution in [2.24, 2.45) is 11.8 Å². The van der Waals surface area contributed by atoms with E-state index in [1.165, 1.54) is 17.3 Å². The van der Waals surface area contributed by atoms with Gasteiger partial charge in [-0.15, -0.1) is 0 Å². The van der Waals surface area contributed by atoms with E-state index in [0.29, 0.717) is 24.8 Å². The number of carboxylic acids is 1. The molecular weight excluding hydrogens is 453 g/mol. The number of nitrogens with zero attached hydrogens (tertiary/aromatic N) is 4. The van der Waals surface area contributed by atoms with Crippen molar-refractivity contribution < 1.29 is 42.2 Å². The number of ether oxygens (including phenoxy) is 1. The molecule has 0 saturated carbocycles. The molecule has 180 valence electrons. The second-order valence-electron chi connectivity index (χ2n) is 7.47. The van der Waals surface area contributed by atoms with E-state index in [1.807, 2.05) is 0 Å². The van der Waals surface area contributed by atoms with Crippen molar-refractivity contribution in [3.8, 4) is 0 Å². The maximum atomic E-state index is 12.3. The van der Waals surface area contributed by atoms with E-state index in [2.05, 4.69) is 25.5 Å². The highest BCUT2D eigenvalue weighted by Gasteiger charge is 2.46. The van der Waals surface area contributed by atoms with Crippen LogP contribution in [-0.4, -0.2) is 95.8 Å². The molecule has 4 heterocycles. The van der Waals surface area contributed by atoms with Crippen LogP contribution in [0, 0.1) is 11.8 Å². The fourth-order valence-corrected chi connectivity index (χ4v) is 3.51. The van der Waals surface area contributed by atoms with Gasteiger partial charge in [0.15, 0.2) is 0 Å². The van der Waals surface area contributed by atoms with Gasteiger partial charge in [-0.05, 0) is 0 Å². The molecule has 33 heavy (non-hydrogen) atoms. The van der Waals surface area contributed by atoms with E-state index in [0.717, 1.165) is 26.2 Å². The molecule has 1 aromatic heterocycles. The third-order valence-electron chi connectivity index (χ3n) is 5.20. The summed E-state index contributed by atoms with van der Waals surface area (Å²) < 4.78 is 36.7. The molecule has 1 aromatic rings. The standard InChI is InChI=1S/C16H20N6O4.C2HF3O2/c23-13(14(24)22-7-10-9-26-15(25)12(10)8-22)20-11-5-18-16(19-6-11)21-3-1-17-2-4-21;3-2(4,5)1(6)7/h5-6,10,12,17H,1-4,7-9H2,(H,20,23);(H,6,7)/t10-,12-;/m1./s1. The van der Waals surface area contributed by atoms with Gasteiger partial charge in [0.25, 0.3) is 0 Å². The van der Waals surface area contributed by atoms with Gasteiger partial charge in [-0.25, -0.2) is 14.8 Å². The number of carbonyl (C=O) groups is 4. The van der Waals surface area contributed by atoms with Crippen LogP contribution in [0.3, 0.4) is 0 Å². The van der Waals surface area contributed by atoms with Crippen LogP contribution in [0.4, 0.5) is 24.8 Å². The first-order chi connectivity index (χ1) is 15.6. The van der Waals surface area contributed by atoms with E-state index in [4.69, 9.17) is 14.6 Å². The Hall–Kier alpha value is -3.49. The number of hydrogen-bond acceptors (Lipinski definition) is 9. The monoisotopic (exact) mass is 474 g/mol. The molecule has 12 nitrogen and oxygen atoms in total. The second-order valence-corrected chi connectivity index (χ2v) is 7.47. The van der Waals surface area contributed by atoms with E-state index in [-0.39, 0.29) is 24.3 Å². The van der Waals surface area contributed by atoms with Gasteiger partial charge in [-0.1, -0.05) is 0 Å². The average molecular weight is 474 g/mol. The van der Waals surface area contributed by atoms with Crippen LogP contribution < -0.4 is 15.5 Å². The maximum absolute atomic E-state index is 12.3. The first kappa shape index (κ1) is 24.2. The van der Waals surface area contributed by atoms with Gasteiger partial charge in [0.2, 0.25) is 5.95 Å². The highest BCUT2D eigenvalue weighted by Crippen LogP contribution is 2.30. The molecule has 3 fully saturated rings. The number of esters is 1. The Morgan fingerprint density at radius 2 is 1.76 bits per heavy atom. The minimum Gasteiger partial charge on any atom is -0.475 e. The lowest BCUT2D eigenvalue weighted by Gasteiger charge is -2.27. The minimum absolute atomic E-state index is 0.0131. The number of aromatic nitrogens is 2. The van der Waals surface area contributed by atoms with Crippen LogP contribution in [0.5, 0.6) is 0 Å². The lowest BCUT2D eigenvalue weighted by Crippen LogP contribution is -2.44. The van der Waals surface area contributed by atoms with Crippen LogP contribution in [0.1, 0.15) is 0 Å². The van der Waals surface area contributed by atoms with Crippen LogP contribution in [0.2, 0.25) is 0 Å². The number of carboxylic acid groups (broad SMARTS) is 1. The Labute approximate surface area is 185 Å². The summed E-state index contributed by atoms with van der Waals surface area (Å²) in [6.07, 6.45) is -2.10. The molecule has 3 N–H and O–H groups in total. The molecule has 0 radical (unpaired) electrons. The first-order valence-electron chi connectivity index (χ1n) is 9.91. The molecule has 0 aliphatic carbocycles. The van der Waals surface area contributed by atoms with Crippen molar-refractivity contribution in [3.05, 3.63) is 12.4 Å². The molecule has 15 heteroatoms. The Morgan fingerprint density at radius 3 is 2.30 bits per heavy atom. The van der Waals surface area contributed by atoms with Crippen molar-refractivity contribution in [1.82, 2.24) is 20.2 Å². The van der Waals surface area contributed by atoms with E-state index in [1.54, 1.807) is 0 Å². The van der Waals surface area contributed by atoms with E-state index in [9.17, 15) is 27.6 Å². The van der Waals surface area contributed by atoms with Gasteiger partial charge in [0.05, 0.1) is 30.6 Å². The number of halogens is 3. The molecule has 3 aliphatic heterocycles. The smallest absolute Gasteiger partial charge is 0.475 e. The van der Waals surface area contributed by atoms with Crippen molar-refractivity contribution >= 4 is 35.4 Å². The van der Waals surface area contributed by atoms with Crippen LogP contribution in [0.25, 0.3) is 0 Å². The second kappa shape index (κ2) is 9.97. The van der Waals surface area contributed by atoms with Gasteiger partial charge >= 0.3 is 29.9 Å². The number of piperazine rings is 1. The number of fused-ring (bicyclic) bond motifs is 1. The average Bonchev–Trinajstić information content (AvgIpc) is 3.36. The minimum atomic E-state index is -5.08. The summed E-state index contributed by atoms with van der Waals surface area (Å²) in [6, 6.07) is 0. The number of carbonyl (C=O) groups excluding carboxylic acids is 3. The number of anilines is 2. The lowest BCUT2D eigenvalue weighted by atomic mass is 10.0. The van der Waals surface area contributed by atoms with Gasteiger partial charge in [-0.3, -0.25) is 14.4 Å². The zero-order valence-corrected chi connectivity index (χ0v) is 17.2. The maximum Gasteiger partial charge on any atom is 0.490 e. The Bertz CT molecular complexity index is 906. The predicted molar refractivity (Wildman–Crippen MR) is 104 cm³/mol. The molecule has 3 aliphatic rings. The molecule has 0 spiro atoms. The Balaban J connectivity index is 0.000000383. The quantitative estimate of drug-likeness (QED) is 0.363. The van der Waals surface area contributed by atoms with Crippen LogP contribution in [-0.2, 0) is 23.9 Å². The molecule has 2 atom stereocenters. The largest absolute Gasteiger partial charge is 0.490 e. The zero-order chi connectivity index (χ0) is 24.2. The van der Waals surface area contributed by atoms with Crippen molar-refractivity contribution in [2.45, 2.75) is 6.18 Å². The summed E-state index contributed by atoms with van der Waals surface area (Å²) in [5.74, 6) is -4.18. The number of likely N-dealkylation sites (tertiary alicyclic amines) is 1. The molecule has 0 aromatic carbocycles. The molecular formula is C18H21F3N6O6. The third kappa shape index (κ3) is 6.06. The van der Waals surface area contributed by atoms with Crippen molar-refractivity contribution in [2.75, 3.05) is 56.1 Å². The fraction of sp³-hybridized carbons (Fsp3) is 0.556. The topological polar surface area (TPSA) is 154 Å². The number of amides is 2. The summed E-state index contributed by atoms with van der Waals surface area (Å²) >= 11 is 0. The summed E-state index contributed by atoms with van der Waals surface area (Å²) in [4.78, 5) is 56.9. The van der Waals surface area contributed by atoms with E-state index >= 15 is 0 Å². The summed E-state index contributed by atoms with van der Waals surface area (Å²) in [5.41, 5.74) is 0.362. The first-order valence-corrected chi connectivity index (χ1v) is 9.91.